The summed E-state index contributed by atoms with van der Waals surface area (Å²) < 4.78 is 13.6. The fraction of sp³-hybridized carbons (Fsp3) is 0.250. The summed E-state index contributed by atoms with van der Waals surface area (Å²) in [4.78, 5) is 23.2. The topological polar surface area (TPSA) is 82.0 Å². The second-order valence-electron chi connectivity index (χ2n) is 6.65. The van der Waals surface area contributed by atoms with Crippen LogP contribution in [0.5, 0.6) is 11.8 Å². The van der Waals surface area contributed by atoms with E-state index >= 15 is 0 Å². The summed E-state index contributed by atoms with van der Waals surface area (Å²) >= 11 is 0. The van der Waals surface area contributed by atoms with Crippen molar-refractivity contribution in [3.8, 4) is 11.8 Å². The van der Waals surface area contributed by atoms with Crippen molar-refractivity contribution in [3.63, 3.8) is 0 Å². The Bertz CT molecular complexity index is 1170. The summed E-state index contributed by atoms with van der Waals surface area (Å²) in [6, 6.07) is 10.2. The quantitative estimate of drug-likeness (QED) is 0.604. The lowest BCUT2D eigenvalue weighted by Gasteiger charge is -2.24. The van der Waals surface area contributed by atoms with E-state index in [0.29, 0.717) is 22.7 Å². The molecule has 5 rings (SSSR count). The minimum atomic E-state index is -0.246. The Hall–Kier alpha value is -3.19. The van der Waals surface area contributed by atoms with Gasteiger partial charge in [0.15, 0.2) is 0 Å². The van der Waals surface area contributed by atoms with Crippen molar-refractivity contribution in [2.24, 2.45) is 0 Å². The van der Waals surface area contributed by atoms with E-state index in [4.69, 9.17) is 9.47 Å². The van der Waals surface area contributed by atoms with Crippen molar-refractivity contribution >= 4 is 21.8 Å². The number of hydrogen-bond donors (Lipinski definition) is 1. The molecule has 1 aliphatic heterocycles. The smallest absolute Gasteiger partial charge is 0.302 e. The average molecular weight is 362 g/mol. The SMILES string of the molecule is O=c1[nH]c(Oc2ccc3c(ccn3C3CCOCC3)c2)nc2cnccc12. The van der Waals surface area contributed by atoms with Crippen LogP contribution in [0.3, 0.4) is 0 Å². The Morgan fingerprint density at radius 2 is 2.07 bits per heavy atom. The Kier molecular flexibility index (Phi) is 3.86. The van der Waals surface area contributed by atoms with E-state index < -0.39 is 0 Å². The molecular weight excluding hydrogens is 344 g/mol. The van der Waals surface area contributed by atoms with Crippen molar-refractivity contribution in [1.29, 1.82) is 0 Å². The second kappa shape index (κ2) is 6.51. The molecule has 1 aromatic carbocycles. The molecule has 0 saturated carbocycles. The van der Waals surface area contributed by atoms with Crippen LogP contribution in [0.1, 0.15) is 18.9 Å². The third-order valence-electron chi connectivity index (χ3n) is 4.98. The van der Waals surface area contributed by atoms with Gasteiger partial charge < -0.3 is 14.0 Å². The third kappa shape index (κ3) is 2.96. The standard InChI is InChI=1S/C20H18N4O3/c25-19-16-3-7-21-12-17(16)22-20(23-19)27-15-1-2-18-13(11-15)4-8-24(18)14-5-9-26-10-6-14/h1-4,7-8,11-12,14H,5-6,9-10H2,(H,22,23,25). The minimum absolute atomic E-state index is 0.156. The van der Waals surface area contributed by atoms with E-state index in [1.807, 2.05) is 18.2 Å². The highest BCUT2D eigenvalue weighted by atomic mass is 16.5. The normalized spacial score (nSPS) is 15.4. The molecule has 4 aromatic rings. The van der Waals surface area contributed by atoms with Crippen molar-refractivity contribution in [1.82, 2.24) is 19.5 Å². The number of aromatic amines is 1. The highest BCUT2D eigenvalue weighted by Gasteiger charge is 2.17. The molecule has 4 heterocycles. The molecule has 7 nitrogen and oxygen atoms in total. The first-order valence-electron chi connectivity index (χ1n) is 8.98. The van der Waals surface area contributed by atoms with E-state index in [1.54, 1.807) is 18.5 Å². The van der Waals surface area contributed by atoms with Gasteiger partial charge in [0.25, 0.3) is 5.56 Å². The van der Waals surface area contributed by atoms with Crippen LogP contribution in [0.25, 0.3) is 21.8 Å². The fourth-order valence-corrected chi connectivity index (χ4v) is 3.62. The first-order chi connectivity index (χ1) is 13.3. The predicted octanol–water partition coefficient (Wildman–Crippen LogP) is 3.42. The van der Waals surface area contributed by atoms with Gasteiger partial charge in [-0.1, -0.05) is 0 Å². The molecular formula is C20H18N4O3. The zero-order chi connectivity index (χ0) is 18.2. The summed E-state index contributed by atoms with van der Waals surface area (Å²) in [6.45, 7) is 1.61. The maximum Gasteiger partial charge on any atom is 0.302 e. The summed E-state index contributed by atoms with van der Waals surface area (Å²) in [5, 5.41) is 1.57. The monoisotopic (exact) mass is 362 g/mol. The highest BCUT2D eigenvalue weighted by Crippen LogP contribution is 2.30. The van der Waals surface area contributed by atoms with Gasteiger partial charge >= 0.3 is 6.01 Å². The molecule has 3 aromatic heterocycles. The molecule has 1 N–H and O–H groups in total. The van der Waals surface area contributed by atoms with E-state index in [-0.39, 0.29) is 11.6 Å². The number of benzene rings is 1. The first-order valence-corrected chi connectivity index (χ1v) is 8.98. The van der Waals surface area contributed by atoms with Gasteiger partial charge in [0.2, 0.25) is 0 Å². The largest absolute Gasteiger partial charge is 0.426 e. The molecule has 0 unspecified atom stereocenters. The van der Waals surface area contributed by atoms with E-state index in [1.165, 1.54) is 5.52 Å². The molecule has 1 aliphatic rings. The van der Waals surface area contributed by atoms with Crippen molar-refractivity contribution < 1.29 is 9.47 Å². The van der Waals surface area contributed by atoms with Crippen LogP contribution in [-0.2, 0) is 4.74 Å². The van der Waals surface area contributed by atoms with Gasteiger partial charge in [-0.15, -0.1) is 0 Å². The number of nitrogens with one attached hydrogen (secondary N) is 1. The number of ether oxygens (including phenoxy) is 2. The Morgan fingerprint density at radius 1 is 1.19 bits per heavy atom. The molecule has 0 bridgehead atoms. The van der Waals surface area contributed by atoms with Gasteiger partial charge in [-0.05, 0) is 43.2 Å². The van der Waals surface area contributed by atoms with Crippen molar-refractivity contribution in [3.05, 3.63) is 59.3 Å². The average Bonchev–Trinajstić information content (AvgIpc) is 3.12. The minimum Gasteiger partial charge on any atom is -0.426 e. The van der Waals surface area contributed by atoms with Gasteiger partial charge in [-0.25, -0.2) is 0 Å². The lowest BCUT2D eigenvalue weighted by Crippen LogP contribution is -2.18. The lowest BCUT2D eigenvalue weighted by atomic mass is 10.1. The molecule has 1 fully saturated rings. The van der Waals surface area contributed by atoms with Crippen LogP contribution in [0.15, 0.2) is 53.7 Å². The fourth-order valence-electron chi connectivity index (χ4n) is 3.62. The Morgan fingerprint density at radius 3 is 2.96 bits per heavy atom. The third-order valence-corrected chi connectivity index (χ3v) is 4.98. The molecule has 136 valence electrons. The number of H-pyrrole nitrogens is 1. The molecule has 7 heteroatoms. The number of pyridine rings is 1. The maximum absolute atomic E-state index is 12.2. The maximum atomic E-state index is 12.2. The van der Waals surface area contributed by atoms with Crippen LogP contribution in [0, 0.1) is 0 Å². The summed E-state index contributed by atoms with van der Waals surface area (Å²) in [5.41, 5.74) is 1.42. The molecule has 27 heavy (non-hydrogen) atoms. The van der Waals surface area contributed by atoms with Gasteiger partial charge in [-0.2, -0.15) is 4.98 Å². The molecule has 0 spiro atoms. The zero-order valence-electron chi connectivity index (χ0n) is 14.6. The highest BCUT2D eigenvalue weighted by molar-refractivity contribution is 5.82. The molecule has 0 atom stereocenters. The number of aromatic nitrogens is 4. The van der Waals surface area contributed by atoms with Crippen LogP contribution in [-0.4, -0.2) is 32.7 Å². The number of fused-ring (bicyclic) bond motifs is 2. The summed E-state index contributed by atoms with van der Waals surface area (Å²) in [7, 11) is 0. The number of rotatable bonds is 3. The number of hydrogen-bond acceptors (Lipinski definition) is 5. The van der Waals surface area contributed by atoms with Crippen molar-refractivity contribution in [2.75, 3.05) is 13.2 Å². The lowest BCUT2D eigenvalue weighted by molar-refractivity contribution is 0.0707. The molecule has 0 radical (unpaired) electrons. The van der Waals surface area contributed by atoms with E-state index in [2.05, 4.69) is 31.8 Å². The van der Waals surface area contributed by atoms with Gasteiger partial charge in [0.1, 0.15) is 5.75 Å². The van der Waals surface area contributed by atoms with Crippen LogP contribution >= 0.6 is 0 Å². The number of nitrogens with zero attached hydrogens (tertiary/aromatic N) is 3. The van der Waals surface area contributed by atoms with Crippen molar-refractivity contribution in [2.45, 2.75) is 18.9 Å². The second-order valence-corrected chi connectivity index (χ2v) is 6.65. The first kappa shape index (κ1) is 16.0. The summed E-state index contributed by atoms with van der Waals surface area (Å²) in [5.74, 6) is 0.624. The van der Waals surface area contributed by atoms with Gasteiger partial charge in [0, 0.05) is 42.6 Å². The zero-order valence-corrected chi connectivity index (χ0v) is 14.6. The van der Waals surface area contributed by atoms with Gasteiger partial charge in [-0.3, -0.25) is 14.8 Å². The predicted molar refractivity (Wildman–Crippen MR) is 101 cm³/mol. The van der Waals surface area contributed by atoms with Crippen LogP contribution in [0.2, 0.25) is 0 Å². The Balaban J connectivity index is 1.46. The van der Waals surface area contributed by atoms with E-state index in [0.717, 1.165) is 31.4 Å². The van der Waals surface area contributed by atoms with Crippen LogP contribution < -0.4 is 10.3 Å². The molecule has 0 amide bonds. The van der Waals surface area contributed by atoms with E-state index in [9.17, 15) is 4.79 Å². The van der Waals surface area contributed by atoms with Gasteiger partial charge in [0.05, 0.1) is 17.1 Å². The summed E-state index contributed by atoms with van der Waals surface area (Å²) in [6.07, 6.45) is 7.29. The van der Waals surface area contributed by atoms with Crippen LogP contribution in [0.4, 0.5) is 0 Å². The molecule has 0 aliphatic carbocycles. The molecule has 1 saturated heterocycles. The Labute approximate surface area is 154 Å².